The third-order valence-electron chi connectivity index (χ3n) is 19.9. The number of nitrogens with one attached hydrogen (secondary N) is 1. The molecule has 4 nitrogen and oxygen atoms in total. The first kappa shape index (κ1) is 117. The molecule has 68 heteroatoms. The lowest BCUT2D eigenvalue weighted by atomic mass is 9.82. The fourth-order valence-electron chi connectivity index (χ4n) is 12.0. The van der Waals surface area contributed by atoms with E-state index >= 15 is 105 Å². The molecule has 760 valence electrons. The highest BCUT2D eigenvalue weighted by Gasteiger charge is 3.02. The Morgan fingerprint density at radius 2 is 0.500 bits per heavy atom. The van der Waals surface area contributed by atoms with E-state index in [0.717, 1.165) is 51.1 Å². The summed E-state index contributed by atoms with van der Waals surface area (Å²) in [5, 5.41) is -0.522. The molecule has 1 unspecified atom stereocenters. The van der Waals surface area contributed by atoms with Crippen molar-refractivity contribution in [2.75, 3.05) is 0 Å². The first-order valence-electron chi connectivity index (χ1n) is 33.5. The normalized spacial score (nSPS) is 17.2. The molecule has 3 rings (SSSR count). The Morgan fingerprint density at radius 1 is 0.292 bits per heavy atom. The predicted molar refractivity (Wildman–Crippen MR) is 306 cm³/mol. The molecule has 1 saturated carbocycles. The van der Waals surface area contributed by atoms with Crippen molar-refractivity contribution in [3.63, 3.8) is 0 Å². The van der Waals surface area contributed by atoms with Gasteiger partial charge in [0.2, 0.25) is 5.91 Å². The predicted octanol–water partition coefficient (Wildman–Crippen LogP) is 26.9. The molecule has 0 spiro atoms. The molecule has 2 aromatic carbocycles. The van der Waals surface area contributed by atoms with Gasteiger partial charge in [0, 0.05) is 36.9 Å². The van der Waals surface area contributed by atoms with Gasteiger partial charge in [-0.05, 0) is 75.4 Å². The van der Waals surface area contributed by atoms with Gasteiger partial charge < -0.3 is 10.2 Å². The minimum Gasteiger partial charge on any atom is -0.350 e. The van der Waals surface area contributed by atoms with Crippen LogP contribution in [0.1, 0.15) is 88.1 Å². The Morgan fingerprint density at radius 3 is 0.708 bits per heavy atom. The second-order valence-corrected chi connectivity index (χ2v) is 34.4. The first-order chi connectivity index (χ1) is 56.3. The van der Waals surface area contributed by atoms with Gasteiger partial charge in [0.25, 0.3) is 5.91 Å². The molecule has 1 fully saturated rings. The molecule has 0 radical (unpaired) electrons. The maximum atomic E-state index is 16.3. The molecular formula is C62H45F63N2O2Si. The summed E-state index contributed by atoms with van der Waals surface area (Å²) in [6, 6.07) is -12.8. The Balaban J connectivity index is 2.87. The summed E-state index contributed by atoms with van der Waals surface area (Å²) in [7, 11) is -8.50. The topological polar surface area (TPSA) is 49.4 Å². The monoisotopic (exact) mass is 2070 g/mol. The smallest absolute Gasteiger partial charge is 0.350 e. The van der Waals surface area contributed by atoms with Crippen molar-refractivity contribution in [3.8, 4) is 0 Å². The third kappa shape index (κ3) is 17.3. The van der Waals surface area contributed by atoms with Crippen molar-refractivity contribution < 1.29 is 286 Å². The molecule has 0 heterocycles. The molecule has 1 aliphatic carbocycles. The molecule has 130 heavy (non-hydrogen) atoms. The van der Waals surface area contributed by atoms with E-state index in [-0.39, 0.29) is 37.7 Å². The van der Waals surface area contributed by atoms with E-state index in [1.54, 1.807) is 0 Å². The van der Waals surface area contributed by atoms with Crippen molar-refractivity contribution >= 4 is 25.1 Å². The highest BCUT2D eigenvalue weighted by molar-refractivity contribution is 6.92. The Labute approximate surface area is 679 Å². The fourth-order valence-corrected chi connectivity index (χ4v) is 16.8. The lowest BCUT2D eigenvalue weighted by molar-refractivity contribution is -0.474. The van der Waals surface area contributed by atoms with Gasteiger partial charge in [0.1, 0.15) is 6.04 Å². The standard InChI is InChI=1S/C62H45F63N2O2Si/c1-32(2,3)126-30(128)29(26-12-8-5-9-13-26)127(24-25-10-6-4-7-11-25)31(129)27-14-16-28(17-15-27)130(21-18-33(63,64)36(69,70)39(75,76)42(81,82)45(87,88)48(93,94)51(99,100)54(105,106)57(111,112)60(117,118)119,22-19-34(65,66)37(71,72)40(77,78)43(83,84)46(89,90)49(95,96)52(101,102)55(107,108)58(113,114)61(120,121)122)23-20-35(67,68)38(73,74)41(79,80)44(85,86)47(91,92)50(97,98)53(103,104)56(109,110)59(115,116)62(123,124)125/h4,6-7,10-11,14-17,26,29H,5,8-9,12-13,18-24H2,1-3H3,(H,126,128). The van der Waals surface area contributed by atoms with Crippen LogP contribution in [0, 0.1) is 5.92 Å². The number of benzene rings is 2. The molecule has 1 N–H and O–H groups in total. The number of rotatable bonds is 40. The lowest BCUT2D eigenvalue weighted by Crippen LogP contribution is -2.77. The van der Waals surface area contributed by atoms with Gasteiger partial charge in [-0.2, -0.15) is 277 Å². The summed E-state index contributed by atoms with van der Waals surface area (Å²) in [5.41, 5.74) is -3.47. The van der Waals surface area contributed by atoms with Crippen molar-refractivity contribution in [2.24, 2.45) is 5.92 Å². The average Bonchev–Trinajstić information content (AvgIpc) is 0.691. The van der Waals surface area contributed by atoms with Crippen molar-refractivity contribution in [1.29, 1.82) is 0 Å². The molecule has 2 amide bonds. The van der Waals surface area contributed by atoms with Crippen LogP contribution in [-0.4, -0.2) is 215 Å². The Bertz CT molecular complexity index is 3930. The van der Waals surface area contributed by atoms with E-state index in [2.05, 4.69) is 5.32 Å². The van der Waals surface area contributed by atoms with Crippen LogP contribution >= 0.6 is 0 Å². The molecule has 0 saturated heterocycles. The summed E-state index contributed by atoms with van der Waals surface area (Å²) >= 11 is 0. The molecule has 1 atom stereocenters. The minimum absolute atomic E-state index is 0.0165. The van der Waals surface area contributed by atoms with Gasteiger partial charge in [-0.3, -0.25) is 9.59 Å². The number of hydrogen-bond acceptors (Lipinski definition) is 2. The molecular weight excluding hydrogens is 2030 g/mol. The molecule has 2 aromatic rings. The zero-order chi connectivity index (χ0) is 104. The highest BCUT2D eigenvalue weighted by atomic mass is 28.3. The maximum Gasteiger partial charge on any atom is 0.460 e. The van der Waals surface area contributed by atoms with E-state index < -0.39 is 295 Å². The summed E-state index contributed by atoms with van der Waals surface area (Å²) in [4.78, 5) is 29.4. The van der Waals surface area contributed by atoms with Gasteiger partial charge in [0.05, 0.1) is 8.07 Å². The molecule has 0 bridgehead atoms. The number of carbonyl (C=O) groups is 2. The number of amides is 2. The van der Waals surface area contributed by atoms with Gasteiger partial charge in [-0.1, -0.05) is 66.9 Å². The van der Waals surface area contributed by atoms with E-state index in [1.165, 1.54) is 0 Å². The van der Waals surface area contributed by atoms with Crippen LogP contribution < -0.4 is 10.5 Å². The van der Waals surface area contributed by atoms with Gasteiger partial charge >= 0.3 is 178 Å². The SMILES string of the molecule is CC(C)(C)NC(=O)C(C1CCCCC1)N(Cc1ccccc1)C(=O)c1ccc([Si](CCC(F)(F)C(F)(F)C(F)(F)C(F)(F)C(F)(F)C(F)(F)C(F)(F)C(F)(F)C(F)(F)C(F)(F)F)(CCC(F)(F)C(F)(F)C(F)(F)C(F)(F)C(F)(F)C(F)(F)C(F)(F)C(F)(F)C(F)(F)C(F)(F)F)CCC(F)(F)C(F)(F)C(F)(F)C(F)(F)C(F)(F)C(F)(F)C(F)(F)C(F)(F)C(F)(F)C(F)(F)F)cc1. The van der Waals surface area contributed by atoms with Crippen LogP contribution in [0.2, 0.25) is 18.1 Å². The van der Waals surface area contributed by atoms with Crippen LogP contribution in [0.25, 0.3) is 0 Å². The van der Waals surface area contributed by atoms with Gasteiger partial charge in [-0.15, -0.1) is 0 Å². The third-order valence-corrected chi connectivity index (χ3v) is 25.1. The van der Waals surface area contributed by atoms with Crippen molar-refractivity contribution in [3.05, 3.63) is 65.7 Å². The second-order valence-electron chi connectivity index (χ2n) is 29.8. The molecule has 1 aliphatic rings. The Hall–Kier alpha value is -6.81. The van der Waals surface area contributed by atoms with Crippen molar-refractivity contribution in [1.82, 2.24) is 10.2 Å². The largest absolute Gasteiger partial charge is 0.460 e. The summed E-state index contributed by atoms with van der Waals surface area (Å²) in [5.74, 6) is -270. The Kier molecular flexibility index (Phi) is 30.3. The summed E-state index contributed by atoms with van der Waals surface area (Å²) in [6.07, 6.45) is -41.4. The summed E-state index contributed by atoms with van der Waals surface area (Å²) in [6.45, 7) is 2.28. The summed E-state index contributed by atoms with van der Waals surface area (Å²) < 4.78 is 920. The van der Waals surface area contributed by atoms with Crippen LogP contribution in [0.5, 0.6) is 0 Å². The second kappa shape index (κ2) is 33.6. The number of halogens is 63. The average molecular weight is 2080 g/mol. The maximum absolute atomic E-state index is 16.3. The molecule has 0 aliphatic heterocycles. The van der Waals surface area contributed by atoms with Crippen molar-refractivity contribution in [2.45, 2.75) is 287 Å². The van der Waals surface area contributed by atoms with E-state index in [0.29, 0.717) is 4.90 Å². The quantitative estimate of drug-likeness (QED) is 0.0534. The van der Waals surface area contributed by atoms with Gasteiger partial charge in [0.15, 0.2) is 0 Å². The zero-order valence-electron chi connectivity index (χ0n) is 61.9. The van der Waals surface area contributed by atoms with E-state index in [4.69, 9.17) is 0 Å². The highest BCUT2D eigenvalue weighted by Crippen LogP contribution is 2.72. The van der Waals surface area contributed by atoms with E-state index in [9.17, 15) is 181 Å². The van der Waals surface area contributed by atoms with Gasteiger partial charge in [-0.25, -0.2) is 0 Å². The molecule has 0 aromatic heterocycles. The number of carbonyl (C=O) groups excluding carboxylic acids is 2. The number of alkyl halides is 63. The van der Waals surface area contributed by atoms with Crippen LogP contribution in [0.3, 0.4) is 0 Å². The minimum atomic E-state index is -10.3. The van der Waals surface area contributed by atoms with Crippen LogP contribution in [0.4, 0.5) is 277 Å². The van der Waals surface area contributed by atoms with E-state index in [1.807, 2.05) is 0 Å². The van der Waals surface area contributed by atoms with Crippen LogP contribution in [0.15, 0.2) is 54.6 Å². The lowest BCUT2D eigenvalue weighted by Gasteiger charge is -2.45. The number of nitrogens with zero attached hydrogens (tertiary/aromatic N) is 1. The number of hydrogen-bond donors (Lipinski definition) is 1. The fraction of sp³-hybridized carbons (Fsp3) is 0.774. The van der Waals surface area contributed by atoms with Crippen LogP contribution in [-0.2, 0) is 11.3 Å². The first-order valence-corrected chi connectivity index (χ1v) is 36.1. The zero-order valence-corrected chi connectivity index (χ0v) is 62.9.